The largest absolute Gasteiger partial charge is 0.455 e. The lowest BCUT2D eigenvalue weighted by molar-refractivity contribution is 0.670. The van der Waals surface area contributed by atoms with Gasteiger partial charge in [-0.2, -0.15) is 0 Å². The molecule has 0 unspecified atom stereocenters. The highest BCUT2D eigenvalue weighted by atomic mass is 16.3. The summed E-state index contributed by atoms with van der Waals surface area (Å²) in [6.07, 6.45) is 0. The Morgan fingerprint density at radius 2 is 0.837 bits per heavy atom. The maximum atomic E-state index is 6.64. The minimum atomic E-state index is 0.914. The third-order valence-electron chi connectivity index (χ3n) is 8.83. The van der Waals surface area contributed by atoms with Crippen molar-refractivity contribution in [2.45, 2.75) is 0 Å². The highest BCUT2D eigenvalue weighted by Crippen LogP contribution is 2.47. The van der Waals surface area contributed by atoms with Crippen molar-refractivity contribution in [1.82, 2.24) is 0 Å². The summed E-state index contributed by atoms with van der Waals surface area (Å²) in [5.74, 6) is 0. The predicted octanol–water partition coefficient (Wildman–Crippen LogP) is 12.0. The maximum Gasteiger partial charge on any atom is 0.143 e. The summed E-state index contributed by atoms with van der Waals surface area (Å²) < 4.78 is 6.64. The number of para-hydroxylation sites is 1. The molecule has 0 atom stereocenters. The third kappa shape index (κ3) is 3.65. The van der Waals surface area contributed by atoms with Gasteiger partial charge in [0.2, 0.25) is 0 Å². The maximum absolute atomic E-state index is 6.64. The molecule has 1 nitrogen and oxygen atoms in total. The van der Waals surface area contributed by atoms with Gasteiger partial charge in [0.1, 0.15) is 11.2 Å². The molecule has 0 radical (unpaired) electrons. The highest BCUT2D eigenvalue weighted by Gasteiger charge is 2.20. The molecule has 0 aliphatic rings. The number of furan rings is 1. The van der Waals surface area contributed by atoms with Crippen molar-refractivity contribution in [2.75, 3.05) is 0 Å². The number of hydrogen-bond acceptors (Lipinski definition) is 1. The van der Waals surface area contributed by atoms with Crippen LogP contribution in [0, 0.1) is 0 Å². The first-order valence-electron chi connectivity index (χ1n) is 14.8. The zero-order chi connectivity index (χ0) is 28.3. The molecule has 0 saturated carbocycles. The summed E-state index contributed by atoms with van der Waals surface area (Å²) in [5, 5.41) is 9.69. The Balaban J connectivity index is 1.46. The van der Waals surface area contributed by atoms with Crippen molar-refractivity contribution in [3.8, 4) is 33.4 Å². The average molecular weight is 547 g/mol. The van der Waals surface area contributed by atoms with E-state index in [1.165, 1.54) is 54.6 Å². The first-order valence-corrected chi connectivity index (χ1v) is 14.8. The fourth-order valence-electron chi connectivity index (χ4n) is 6.97. The van der Waals surface area contributed by atoms with Crippen LogP contribution in [0.4, 0.5) is 0 Å². The van der Waals surface area contributed by atoms with Crippen molar-refractivity contribution < 1.29 is 4.42 Å². The van der Waals surface area contributed by atoms with E-state index in [1.807, 2.05) is 6.07 Å². The van der Waals surface area contributed by atoms with E-state index in [-0.39, 0.29) is 0 Å². The molecule has 0 aliphatic heterocycles. The van der Waals surface area contributed by atoms with E-state index in [0.29, 0.717) is 0 Å². The predicted molar refractivity (Wildman–Crippen MR) is 183 cm³/mol. The van der Waals surface area contributed by atoms with Crippen LogP contribution in [-0.4, -0.2) is 0 Å². The van der Waals surface area contributed by atoms with Gasteiger partial charge in [0.15, 0.2) is 0 Å². The first kappa shape index (κ1) is 24.0. The zero-order valence-corrected chi connectivity index (χ0v) is 23.4. The lowest BCUT2D eigenvalue weighted by Gasteiger charge is -2.19. The van der Waals surface area contributed by atoms with E-state index in [1.54, 1.807) is 0 Å². The summed E-state index contributed by atoms with van der Waals surface area (Å²) in [6.45, 7) is 0. The fraction of sp³-hybridized carbons (Fsp3) is 0. The van der Waals surface area contributed by atoms with Gasteiger partial charge in [-0.25, -0.2) is 0 Å². The van der Waals surface area contributed by atoms with E-state index in [4.69, 9.17) is 4.42 Å². The van der Waals surface area contributed by atoms with Gasteiger partial charge in [-0.3, -0.25) is 0 Å². The molecule has 8 aromatic carbocycles. The van der Waals surface area contributed by atoms with E-state index < -0.39 is 0 Å². The van der Waals surface area contributed by atoms with Crippen LogP contribution < -0.4 is 0 Å². The average Bonchev–Trinajstić information content (AvgIpc) is 3.44. The molecule has 200 valence electrons. The van der Waals surface area contributed by atoms with Crippen LogP contribution in [0.2, 0.25) is 0 Å². The van der Waals surface area contributed by atoms with Crippen LogP contribution in [0.5, 0.6) is 0 Å². The summed E-state index contributed by atoms with van der Waals surface area (Å²) in [6, 6.07) is 56.7. The Morgan fingerprint density at radius 3 is 1.53 bits per heavy atom. The Morgan fingerprint density at radius 1 is 0.302 bits per heavy atom. The lowest BCUT2D eigenvalue weighted by atomic mass is 9.84. The monoisotopic (exact) mass is 546 g/mol. The molecule has 1 heterocycles. The van der Waals surface area contributed by atoms with Crippen molar-refractivity contribution >= 4 is 54.3 Å². The number of fused-ring (bicyclic) bond motifs is 6. The van der Waals surface area contributed by atoms with Gasteiger partial charge in [0.25, 0.3) is 0 Å². The minimum Gasteiger partial charge on any atom is -0.455 e. The Bertz CT molecular complexity index is 2480. The Kier molecular flexibility index (Phi) is 5.27. The van der Waals surface area contributed by atoms with Gasteiger partial charge in [-0.1, -0.05) is 140 Å². The molecule has 0 fully saturated rings. The van der Waals surface area contributed by atoms with Crippen molar-refractivity contribution in [2.24, 2.45) is 0 Å². The van der Waals surface area contributed by atoms with Crippen LogP contribution in [0.25, 0.3) is 87.6 Å². The standard InChI is InChI=1S/C42H26O/c1-3-13-27(14-4-1)39-33-20-9-10-21-34(33)40(28-15-5-2-6-16-28)36-26-30(23-24-35(36)39)41-31-18-8-7-17-29(31)25-37-32-19-11-12-22-38(32)43-42(37)41/h1-26H. The van der Waals surface area contributed by atoms with Gasteiger partial charge in [0.05, 0.1) is 0 Å². The Labute approximate surface area is 249 Å². The molecule has 1 aromatic heterocycles. The molecule has 0 bridgehead atoms. The molecular weight excluding hydrogens is 520 g/mol. The summed E-state index contributed by atoms with van der Waals surface area (Å²) in [5.41, 5.74) is 9.10. The van der Waals surface area contributed by atoms with Crippen LogP contribution >= 0.6 is 0 Å². The highest BCUT2D eigenvalue weighted by molar-refractivity contribution is 6.23. The van der Waals surface area contributed by atoms with E-state index in [0.717, 1.165) is 33.1 Å². The number of rotatable bonds is 3. The third-order valence-corrected chi connectivity index (χ3v) is 8.83. The fourth-order valence-corrected chi connectivity index (χ4v) is 6.97. The van der Waals surface area contributed by atoms with Crippen LogP contribution in [0.3, 0.4) is 0 Å². The minimum absolute atomic E-state index is 0.914. The molecule has 9 rings (SSSR count). The van der Waals surface area contributed by atoms with E-state index in [9.17, 15) is 0 Å². The smallest absolute Gasteiger partial charge is 0.143 e. The molecule has 43 heavy (non-hydrogen) atoms. The SMILES string of the molecule is c1ccc(-c2c3ccccc3c(-c3ccccc3)c3cc(-c4c5ccccc5cc5c4oc4ccccc45)ccc23)cc1. The number of benzene rings is 8. The molecule has 0 N–H and O–H groups in total. The van der Waals surface area contributed by atoms with Crippen LogP contribution in [0.1, 0.15) is 0 Å². The summed E-state index contributed by atoms with van der Waals surface area (Å²) in [4.78, 5) is 0. The second-order valence-corrected chi connectivity index (χ2v) is 11.2. The lowest BCUT2D eigenvalue weighted by Crippen LogP contribution is -1.92. The second-order valence-electron chi connectivity index (χ2n) is 11.2. The van der Waals surface area contributed by atoms with Crippen molar-refractivity contribution in [3.05, 3.63) is 158 Å². The second kappa shape index (κ2) is 9.44. The van der Waals surface area contributed by atoms with Gasteiger partial charge in [-0.15, -0.1) is 0 Å². The van der Waals surface area contributed by atoms with Gasteiger partial charge >= 0.3 is 0 Å². The molecule has 0 aliphatic carbocycles. The molecule has 0 spiro atoms. The van der Waals surface area contributed by atoms with Crippen molar-refractivity contribution in [3.63, 3.8) is 0 Å². The zero-order valence-electron chi connectivity index (χ0n) is 23.4. The molecular formula is C42H26O. The molecule has 0 amide bonds. The summed E-state index contributed by atoms with van der Waals surface area (Å²) in [7, 11) is 0. The Hall–Kier alpha value is -5.66. The summed E-state index contributed by atoms with van der Waals surface area (Å²) >= 11 is 0. The van der Waals surface area contributed by atoms with E-state index >= 15 is 0 Å². The topological polar surface area (TPSA) is 13.1 Å². The van der Waals surface area contributed by atoms with Crippen LogP contribution in [-0.2, 0) is 0 Å². The van der Waals surface area contributed by atoms with Crippen molar-refractivity contribution in [1.29, 1.82) is 0 Å². The van der Waals surface area contributed by atoms with Gasteiger partial charge < -0.3 is 4.42 Å². The van der Waals surface area contributed by atoms with Gasteiger partial charge in [-0.05, 0) is 78.3 Å². The van der Waals surface area contributed by atoms with E-state index in [2.05, 4.69) is 152 Å². The molecule has 1 heteroatoms. The molecule has 0 saturated heterocycles. The quantitative estimate of drug-likeness (QED) is 0.201. The normalized spacial score (nSPS) is 11.7. The number of hydrogen-bond donors (Lipinski definition) is 0. The van der Waals surface area contributed by atoms with Crippen LogP contribution in [0.15, 0.2) is 162 Å². The van der Waals surface area contributed by atoms with Gasteiger partial charge in [0, 0.05) is 16.3 Å². The molecule has 9 aromatic rings. The first-order chi connectivity index (χ1) is 21.3.